The molecule has 5 heteroatoms. The van der Waals surface area contributed by atoms with Crippen molar-refractivity contribution < 1.29 is 24.1 Å². The van der Waals surface area contributed by atoms with Gasteiger partial charge in [0.2, 0.25) is 0 Å². The first kappa shape index (κ1) is 15.7. The van der Waals surface area contributed by atoms with Crippen molar-refractivity contribution >= 4 is 0 Å². The molecule has 2 aromatic rings. The Labute approximate surface area is 140 Å². The molecular weight excluding hydrogens is 308 g/mol. The quantitative estimate of drug-likeness (QED) is 0.918. The van der Waals surface area contributed by atoms with Crippen LogP contribution in [0, 0.1) is 0 Å². The molecule has 0 aromatic heterocycles. The topological polar surface area (TPSA) is 57.2 Å². The van der Waals surface area contributed by atoms with Gasteiger partial charge in [0.05, 0.1) is 13.2 Å². The first-order valence-corrected chi connectivity index (χ1v) is 8.13. The molecule has 5 atom stereocenters. The Morgan fingerprint density at radius 2 is 1.29 bits per heavy atom. The van der Waals surface area contributed by atoms with Gasteiger partial charge in [0.25, 0.3) is 0 Å². The second-order valence-corrected chi connectivity index (χ2v) is 5.99. The van der Waals surface area contributed by atoms with Crippen LogP contribution in [0.2, 0.25) is 0 Å². The van der Waals surface area contributed by atoms with Crippen LogP contribution in [-0.2, 0) is 18.9 Å². The molecule has 0 spiro atoms. The molecule has 2 saturated heterocycles. The first-order chi connectivity index (χ1) is 11.8. The highest BCUT2D eigenvalue weighted by Gasteiger charge is 2.43. The molecule has 2 aliphatic heterocycles. The molecule has 2 unspecified atom stereocenters. The Balaban J connectivity index is 1.48. The minimum Gasteiger partial charge on any atom is -0.388 e. The van der Waals surface area contributed by atoms with Crippen LogP contribution in [0.3, 0.4) is 0 Å². The van der Waals surface area contributed by atoms with Gasteiger partial charge in [-0.3, -0.25) is 0 Å². The third kappa shape index (κ3) is 3.22. The van der Waals surface area contributed by atoms with Crippen molar-refractivity contribution in [2.75, 3.05) is 13.2 Å². The van der Waals surface area contributed by atoms with Crippen molar-refractivity contribution in [1.82, 2.24) is 0 Å². The summed E-state index contributed by atoms with van der Waals surface area (Å²) in [6.07, 6.45) is -2.57. The number of hydrogen-bond acceptors (Lipinski definition) is 5. The minimum absolute atomic E-state index is 0.131. The maximum Gasteiger partial charge on any atom is 0.184 e. The summed E-state index contributed by atoms with van der Waals surface area (Å²) < 4.78 is 23.5. The summed E-state index contributed by atoms with van der Waals surface area (Å²) in [4.78, 5) is 0. The zero-order chi connectivity index (χ0) is 16.4. The zero-order valence-corrected chi connectivity index (χ0v) is 13.2. The van der Waals surface area contributed by atoms with E-state index in [1.54, 1.807) is 0 Å². The van der Waals surface area contributed by atoms with E-state index in [-0.39, 0.29) is 12.7 Å². The zero-order valence-electron chi connectivity index (χ0n) is 13.2. The lowest BCUT2D eigenvalue weighted by Gasteiger charge is -2.29. The molecule has 5 nitrogen and oxygen atoms in total. The van der Waals surface area contributed by atoms with Crippen molar-refractivity contribution in [3.63, 3.8) is 0 Å². The van der Waals surface area contributed by atoms with E-state index in [4.69, 9.17) is 18.9 Å². The maximum absolute atomic E-state index is 10.4. The van der Waals surface area contributed by atoms with Gasteiger partial charge in [-0.1, -0.05) is 60.7 Å². The van der Waals surface area contributed by atoms with E-state index in [0.717, 1.165) is 11.1 Å². The van der Waals surface area contributed by atoms with Gasteiger partial charge < -0.3 is 24.1 Å². The predicted octanol–water partition coefficient (Wildman–Crippen LogP) is 2.58. The average molecular weight is 328 g/mol. The summed E-state index contributed by atoms with van der Waals surface area (Å²) >= 11 is 0. The lowest BCUT2D eigenvalue weighted by molar-refractivity contribution is -0.203. The number of ether oxygens (including phenoxy) is 4. The number of hydrogen-bond donors (Lipinski definition) is 1. The molecule has 0 bridgehead atoms. The predicted molar refractivity (Wildman–Crippen MR) is 86.0 cm³/mol. The third-order valence-electron chi connectivity index (χ3n) is 4.30. The van der Waals surface area contributed by atoms with Crippen LogP contribution >= 0.6 is 0 Å². The smallest absolute Gasteiger partial charge is 0.184 e. The van der Waals surface area contributed by atoms with E-state index in [1.807, 2.05) is 60.7 Å². The van der Waals surface area contributed by atoms with Gasteiger partial charge in [-0.2, -0.15) is 0 Å². The van der Waals surface area contributed by atoms with Crippen LogP contribution in [0.25, 0.3) is 0 Å². The molecule has 0 saturated carbocycles. The van der Waals surface area contributed by atoms with Crippen LogP contribution in [-0.4, -0.2) is 36.6 Å². The van der Waals surface area contributed by atoms with Crippen LogP contribution in [0.5, 0.6) is 0 Å². The highest BCUT2D eigenvalue weighted by Crippen LogP contribution is 2.35. The molecule has 2 fully saturated rings. The van der Waals surface area contributed by atoms with Gasteiger partial charge in [-0.15, -0.1) is 0 Å². The molecule has 126 valence electrons. The van der Waals surface area contributed by atoms with Gasteiger partial charge in [0.15, 0.2) is 12.6 Å². The fraction of sp³-hybridized carbons (Fsp3) is 0.368. The van der Waals surface area contributed by atoms with Crippen molar-refractivity contribution in [3.05, 3.63) is 71.8 Å². The largest absolute Gasteiger partial charge is 0.388 e. The van der Waals surface area contributed by atoms with Crippen LogP contribution in [0.1, 0.15) is 23.7 Å². The fourth-order valence-electron chi connectivity index (χ4n) is 3.05. The molecular formula is C19H20O5. The summed E-state index contributed by atoms with van der Waals surface area (Å²) in [5, 5.41) is 10.4. The number of fused-ring (bicyclic) bond motifs is 1. The van der Waals surface area contributed by atoms with Crippen molar-refractivity contribution in [3.8, 4) is 0 Å². The summed E-state index contributed by atoms with van der Waals surface area (Å²) in [5.41, 5.74) is 1.85. The first-order valence-electron chi connectivity index (χ1n) is 8.13. The standard InChI is InChI=1S/C19H20O5/c20-15-11-21-18(13-7-3-1-4-8-13)22-12-16-17(15)24-19(23-16)14-9-5-2-6-10-14/h1-10,15-20H,11-12H2/t15-,16+,17+,18?,19?/m0/s1. The molecule has 0 aliphatic carbocycles. The van der Waals surface area contributed by atoms with Gasteiger partial charge >= 0.3 is 0 Å². The molecule has 2 heterocycles. The minimum atomic E-state index is -0.765. The van der Waals surface area contributed by atoms with E-state index in [0.29, 0.717) is 6.61 Å². The average Bonchev–Trinajstić information content (AvgIpc) is 3.05. The molecule has 24 heavy (non-hydrogen) atoms. The normalized spacial score (nSPS) is 33.5. The van der Waals surface area contributed by atoms with E-state index < -0.39 is 24.8 Å². The molecule has 4 rings (SSSR count). The highest BCUT2D eigenvalue weighted by molar-refractivity contribution is 5.18. The number of aliphatic hydroxyl groups excluding tert-OH is 1. The lowest BCUT2D eigenvalue weighted by Crippen LogP contribution is -2.43. The summed E-state index contributed by atoms with van der Waals surface area (Å²) in [6, 6.07) is 19.4. The summed E-state index contributed by atoms with van der Waals surface area (Å²) in [6.45, 7) is 0.427. The van der Waals surface area contributed by atoms with Crippen LogP contribution < -0.4 is 0 Å². The van der Waals surface area contributed by atoms with Crippen molar-refractivity contribution in [1.29, 1.82) is 0 Å². The molecule has 2 aromatic carbocycles. The van der Waals surface area contributed by atoms with Crippen molar-refractivity contribution in [2.24, 2.45) is 0 Å². The highest BCUT2D eigenvalue weighted by atomic mass is 16.8. The van der Waals surface area contributed by atoms with Crippen molar-refractivity contribution in [2.45, 2.75) is 30.9 Å². The Hall–Kier alpha value is -1.76. The second kappa shape index (κ2) is 7.01. The third-order valence-corrected chi connectivity index (χ3v) is 4.30. The van der Waals surface area contributed by atoms with E-state index >= 15 is 0 Å². The summed E-state index contributed by atoms with van der Waals surface area (Å²) in [7, 11) is 0. The monoisotopic (exact) mass is 328 g/mol. The van der Waals surface area contributed by atoms with E-state index in [2.05, 4.69) is 0 Å². The van der Waals surface area contributed by atoms with Gasteiger partial charge in [-0.25, -0.2) is 0 Å². The fourth-order valence-corrected chi connectivity index (χ4v) is 3.05. The molecule has 2 aliphatic rings. The molecule has 0 amide bonds. The lowest BCUT2D eigenvalue weighted by atomic mass is 10.1. The molecule has 0 radical (unpaired) electrons. The van der Waals surface area contributed by atoms with Crippen LogP contribution in [0.15, 0.2) is 60.7 Å². The Bertz CT molecular complexity index is 610. The number of rotatable bonds is 2. The maximum atomic E-state index is 10.4. The second-order valence-electron chi connectivity index (χ2n) is 5.99. The molecule has 1 N–H and O–H groups in total. The SMILES string of the molecule is O[C@H]1COC(c2ccccc2)OC[C@H]2OC(c3ccccc3)O[C@H]12. The van der Waals surface area contributed by atoms with Gasteiger partial charge in [0.1, 0.15) is 18.3 Å². The Morgan fingerprint density at radius 1 is 0.708 bits per heavy atom. The Kier molecular flexibility index (Phi) is 4.60. The van der Waals surface area contributed by atoms with Gasteiger partial charge in [0, 0.05) is 11.1 Å². The number of aliphatic hydroxyl groups is 1. The summed E-state index contributed by atoms with van der Waals surface area (Å²) in [5.74, 6) is 0. The number of benzene rings is 2. The van der Waals surface area contributed by atoms with Gasteiger partial charge in [-0.05, 0) is 0 Å². The van der Waals surface area contributed by atoms with E-state index in [1.165, 1.54) is 0 Å². The Morgan fingerprint density at radius 3 is 1.96 bits per heavy atom. The van der Waals surface area contributed by atoms with E-state index in [9.17, 15) is 5.11 Å². The van der Waals surface area contributed by atoms with Crippen LogP contribution in [0.4, 0.5) is 0 Å².